The SMILES string of the molecule is COC(=O)c1cccc(NS(=O)(=O)c2c(F)cccc2F)c1Cl. The van der Waals surface area contributed by atoms with Crippen LogP contribution in [0.4, 0.5) is 14.5 Å². The molecule has 0 aliphatic carbocycles. The summed E-state index contributed by atoms with van der Waals surface area (Å²) in [6, 6.07) is 6.55. The number of carbonyl (C=O) groups excluding carboxylic acids is 1. The molecule has 0 aliphatic rings. The molecule has 0 aromatic heterocycles. The molecule has 0 saturated carbocycles. The van der Waals surface area contributed by atoms with Crippen molar-refractivity contribution < 1.29 is 26.7 Å². The quantitative estimate of drug-likeness (QED) is 0.849. The van der Waals surface area contributed by atoms with Crippen LogP contribution in [0.1, 0.15) is 10.4 Å². The Labute approximate surface area is 135 Å². The van der Waals surface area contributed by atoms with Gasteiger partial charge >= 0.3 is 5.97 Å². The zero-order valence-electron chi connectivity index (χ0n) is 11.6. The molecule has 0 spiro atoms. The zero-order valence-corrected chi connectivity index (χ0v) is 13.2. The number of methoxy groups -OCH3 is 1. The van der Waals surface area contributed by atoms with Crippen molar-refractivity contribution in [2.24, 2.45) is 0 Å². The second-order valence-corrected chi connectivity index (χ2v) is 6.31. The van der Waals surface area contributed by atoms with E-state index in [4.69, 9.17) is 11.6 Å². The van der Waals surface area contributed by atoms with Gasteiger partial charge < -0.3 is 4.74 Å². The van der Waals surface area contributed by atoms with Gasteiger partial charge in [0.05, 0.1) is 23.4 Å². The van der Waals surface area contributed by atoms with E-state index in [0.717, 1.165) is 25.3 Å². The third-order valence-electron chi connectivity index (χ3n) is 2.84. The molecule has 0 heterocycles. The fraction of sp³-hybridized carbons (Fsp3) is 0.0714. The summed E-state index contributed by atoms with van der Waals surface area (Å²) in [7, 11) is -3.45. The Hall–Kier alpha value is -2.19. The lowest BCUT2D eigenvalue weighted by atomic mass is 10.2. The average molecular weight is 362 g/mol. The lowest BCUT2D eigenvalue weighted by molar-refractivity contribution is 0.0601. The normalized spacial score (nSPS) is 11.1. The fourth-order valence-corrected chi connectivity index (χ4v) is 3.33. The van der Waals surface area contributed by atoms with Crippen molar-refractivity contribution in [2.45, 2.75) is 4.90 Å². The van der Waals surface area contributed by atoms with Crippen LogP contribution in [-0.2, 0) is 14.8 Å². The van der Waals surface area contributed by atoms with Crippen LogP contribution < -0.4 is 4.72 Å². The van der Waals surface area contributed by atoms with Gasteiger partial charge in [0.1, 0.15) is 11.6 Å². The lowest BCUT2D eigenvalue weighted by Gasteiger charge is -2.12. The van der Waals surface area contributed by atoms with E-state index in [1.807, 2.05) is 4.72 Å². The molecule has 2 aromatic rings. The first kappa shape index (κ1) is 17.2. The molecule has 2 aromatic carbocycles. The van der Waals surface area contributed by atoms with Crippen molar-refractivity contribution in [3.05, 3.63) is 58.6 Å². The lowest BCUT2D eigenvalue weighted by Crippen LogP contribution is -2.17. The van der Waals surface area contributed by atoms with E-state index in [0.29, 0.717) is 0 Å². The van der Waals surface area contributed by atoms with E-state index in [1.165, 1.54) is 18.2 Å². The minimum absolute atomic E-state index is 0.0941. The highest BCUT2D eigenvalue weighted by Gasteiger charge is 2.25. The molecule has 0 saturated heterocycles. The number of esters is 1. The number of anilines is 1. The van der Waals surface area contributed by atoms with E-state index in [1.54, 1.807) is 0 Å². The number of carbonyl (C=O) groups is 1. The first-order valence-corrected chi connectivity index (χ1v) is 7.97. The van der Waals surface area contributed by atoms with Gasteiger partial charge in [0.2, 0.25) is 0 Å². The van der Waals surface area contributed by atoms with Crippen molar-refractivity contribution in [3.63, 3.8) is 0 Å². The molecule has 9 heteroatoms. The highest BCUT2D eigenvalue weighted by molar-refractivity contribution is 7.92. The van der Waals surface area contributed by atoms with Crippen LogP contribution in [0.5, 0.6) is 0 Å². The molecule has 0 atom stereocenters. The molecule has 0 bridgehead atoms. The van der Waals surface area contributed by atoms with Crippen LogP contribution in [0.2, 0.25) is 5.02 Å². The van der Waals surface area contributed by atoms with Crippen molar-refractivity contribution in [1.82, 2.24) is 0 Å². The van der Waals surface area contributed by atoms with E-state index < -0.39 is 32.5 Å². The Bertz CT molecular complexity index is 851. The van der Waals surface area contributed by atoms with Crippen LogP contribution in [-0.4, -0.2) is 21.5 Å². The first-order valence-electron chi connectivity index (χ1n) is 6.11. The molecule has 2 rings (SSSR count). The van der Waals surface area contributed by atoms with E-state index >= 15 is 0 Å². The largest absolute Gasteiger partial charge is 0.465 e. The van der Waals surface area contributed by atoms with E-state index in [9.17, 15) is 22.0 Å². The van der Waals surface area contributed by atoms with Gasteiger partial charge in [0.25, 0.3) is 10.0 Å². The van der Waals surface area contributed by atoms with Gasteiger partial charge in [-0.1, -0.05) is 23.7 Å². The van der Waals surface area contributed by atoms with Gasteiger partial charge in [-0.15, -0.1) is 0 Å². The Balaban J connectivity index is 2.49. The summed E-state index contributed by atoms with van der Waals surface area (Å²) >= 11 is 5.94. The summed E-state index contributed by atoms with van der Waals surface area (Å²) in [5.41, 5.74) is -0.305. The van der Waals surface area contributed by atoms with Gasteiger partial charge in [-0.25, -0.2) is 22.0 Å². The zero-order chi connectivity index (χ0) is 17.2. The highest BCUT2D eigenvalue weighted by atomic mass is 35.5. The van der Waals surface area contributed by atoms with E-state index in [2.05, 4.69) is 4.74 Å². The Kier molecular flexibility index (Phi) is 4.86. The molecular weight excluding hydrogens is 352 g/mol. The molecule has 23 heavy (non-hydrogen) atoms. The molecule has 5 nitrogen and oxygen atoms in total. The molecule has 0 amide bonds. The van der Waals surface area contributed by atoms with Gasteiger partial charge in [-0.2, -0.15) is 0 Å². The second-order valence-electron chi connectivity index (χ2n) is 4.31. The monoisotopic (exact) mass is 361 g/mol. The molecule has 0 unspecified atom stereocenters. The molecule has 1 N–H and O–H groups in total. The van der Waals surface area contributed by atoms with Crippen LogP contribution in [0.25, 0.3) is 0 Å². The summed E-state index contributed by atoms with van der Waals surface area (Å²) in [5, 5.41) is -0.250. The van der Waals surface area contributed by atoms with Gasteiger partial charge in [-0.3, -0.25) is 4.72 Å². The van der Waals surface area contributed by atoms with E-state index in [-0.39, 0.29) is 16.3 Å². The van der Waals surface area contributed by atoms with Crippen molar-refractivity contribution in [1.29, 1.82) is 0 Å². The maximum Gasteiger partial charge on any atom is 0.339 e. The number of hydrogen-bond donors (Lipinski definition) is 1. The maximum absolute atomic E-state index is 13.6. The predicted octanol–water partition coefficient (Wildman–Crippen LogP) is 3.21. The summed E-state index contributed by atoms with van der Waals surface area (Å²) in [4.78, 5) is 10.4. The molecule has 0 radical (unpaired) electrons. The molecule has 0 fully saturated rings. The summed E-state index contributed by atoms with van der Waals surface area (Å²) in [5.74, 6) is -3.29. The summed E-state index contributed by atoms with van der Waals surface area (Å²) in [6.45, 7) is 0. The van der Waals surface area contributed by atoms with Gasteiger partial charge in [0, 0.05) is 0 Å². The number of ether oxygens (including phenoxy) is 1. The van der Waals surface area contributed by atoms with Gasteiger partial charge in [-0.05, 0) is 24.3 Å². The number of halogens is 3. The Morgan fingerprint density at radius 3 is 2.26 bits per heavy atom. The summed E-state index contributed by atoms with van der Waals surface area (Å²) < 4.78 is 58.1. The van der Waals surface area contributed by atoms with Gasteiger partial charge in [0.15, 0.2) is 4.90 Å². The third-order valence-corrected chi connectivity index (χ3v) is 4.66. The summed E-state index contributed by atoms with van der Waals surface area (Å²) in [6.07, 6.45) is 0. The molecular formula is C14H10ClF2NO4S. The highest BCUT2D eigenvalue weighted by Crippen LogP contribution is 2.29. The van der Waals surface area contributed by atoms with Crippen molar-refractivity contribution in [2.75, 3.05) is 11.8 Å². The fourth-order valence-electron chi connectivity index (χ4n) is 1.81. The Morgan fingerprint density at radius 1 is 1.13 bits per heavy atom. The number of hydrogen-bond acceptors (Lipinski definition) is 4. The smallest absolute Gasteiger partial charge is 0.339 e. The third kappa shape index (κ3) is 3.43. The van der Waals surface area contributed by atoms with Crippen molar-refractivity contribution >= 4 is 33.3 Å². The van der Waals surface area contributed by atoms with Crippen LogP contribution >= 0.6 is 11.6 Å². The van der Waals surface area contributed by atoms with Crippen LogP contribution in [0.15, 0.2) is 41.3 Å². The second kappa shape index (κ2) is 6.51. The number of rotatable bonds is 4. The predicted molar refractivity (Wildman–Crippen MR) is 80.0 cm³/mol. The number of nitrogens with one attached hydrogen (secondary N) is 1. The molecule has 122 valence electrons. The van der Waals surface area contributed by atoms with Crippen LogP contribution in [0, 0.1) is 11.6 Å². The first-order chi connectivity index (χ1) is 10.8. The maximum atomic E-state index is 13.6. The Morgan fingerprint density at radius 2 is 1.70 bits per heavy atom. The van der Waals surface area contributed by atoms with Crippen LogP contribution in [0.3, 0.4) is 0 Å². The van der Waals surface area contributed by atoms with Crippen molar-refractivity contribution in [3.8, 4) is 0 Å². The number of benzene rings is 2. The minimum atomic E-state index is -4.58. The average Bonchev–Trinajstić information content (AvgIpc) is 2.48. The topological polar surface area (TPSA) is 72.5 Å². The molecule has 0 aliphatic heterocycles. The standard InChI is InChI=1S/C14H10ClF2NO4S/c1-22-14(19)8-4-2-7-11(12(8)15)18-23(20,21)13-9(16)5-3-6-10(13)17/h2-7,18H,1H3. The minimum Gasteiger partial charge on any atom is -0.465 e. The number of sulfonamides is 1.